The summed E-state index contributed by atoms with van der Waals surface area (Å²) in [5, 5.41) is 7.35. The predicted octanol–water partition coefficient (Wildman–Crippen LogP) is 2.36. The lowest BCUT2D eigenvalue weighted by molar-refractivity contribution is 0.0933. The second-order valence-corrected chi connectivity index (χ2v) is 7.37. The first kappa shape index (κ1) is 17.1. The van der Waals surface area contributed by atoms with Crippen molar-refractivity contribution in [3.05, 3.63) is 47.8 Å². The molecule has 1 aromatic heterocycles. The van der Waals surface area contributed by atoms with Gasteiger partial charge >= 0.3 is 0 Å². The molecule has 1 amide bonds. The monoisotopic (exact) mass is 354 g/mol. The Morgan fingerprint density at radius 1 is 1.31 bits per heavy atom. The van der Waals surface area contributed by atoms with E-state index < -0.39 is 0 Å². The summed E-state index contributed by atoms with van der Waals surface area (Å²) in [6.45, 7) is 2.52. The van der Waals surface area contributed by atoms with Crippen molar-refractivity contribution >= 4 is 5.91 Å². The van der Waals surface area contributed by atoms with Gasteiger partial charge in [-0.05, 0) is 25.0 Å². The van der Waals surface area contributed by atoms with Crippen molar-refractivity contribution in [3.8, 4) is 5.75 Å². The van der Waals surface area contributed by atoms with Gasteiger partial charge in [0.2, 0.25) is 0 Å². The molecular formula is C20H26N4O2. The van der Waals surface area contributed by atoms with E-state index >= 15 is 0 Å². The molecule has 1 saturated carbocycles. The third kappa shape index (κ3) is 4.07. The summed E-state index contributed by atoms with van der Waals surface area (Å²) < 4.78 is 7.82. The Hall–Kier alpha value is -2.34. The van der Waals surface area contributed by atoms with Crippen LogP contribution < -0.4 is 10.1 Å². The SMILES string of the molecule is Cn1cc(CN2CC2COc2ccccc2C(=O)NC2CCCC2)cn1. The summed E-state index contributed by atoms with van der Waals surface area (Å²) in [5.74, 6) is 0.659. The molecule has 2 atom stereocenters. The molecule has 2 aromatic rings. The molecule has 138 valence electrons. The number of benzene rings is 1. The Morgan fingerprint density at radius 2 is 2.12 bits per heavy atom. The molecule has 2 aliphatic rings. The largest absolute Gasteiger partial charge is 0.491 e. The van der Waals surface area contributed by atoms with E-state index in [0.717, 1.165) is 25.9 Å². The number of aryl methyl sites for hydroxylation is 1. The Morgan fingerprint density at radius 3 is 2.88 bits per heavy atom. The normalized spacial score (nSPS) is 22.3. The molecule has 1 aliphatic heterocycles. The molecule has 0 spiro atoms. The van der Waals surface area contributed by atoms with E-state index in [1.165, 1.54) is 18.4 Å². The van der Waals surface area contributed by atoms with Gasteiger partial charge in [-0.1, -0.05) is 25.0 Å². The van der Waals surface area contributed by atoms with E-state index in [1.807, 2.05) is 48.4 Å². The highest BCUT2D eigenvalue weighted by Crippen LogP contribution is 2.25. The van der Waals surface area contributed by atoms with Gasteiger partial charge in [-0.2, -0.15) is 5.10 Å². The summed E-state index contributed by atoms with van der Waals surface area (Å²) in [6, 6.07) is 8.26. The number of hydrogen-bond donors (Lipinski definition) is 1. The summed E-state index contributed by atoms with van der Waals surface area (Å²) >= 11 is 0. The molecule has 6 heteroatoms. The minimum Gasteiger partial charge on any atom is -0.491 e. The zero-order chi connectivity index (χ0) is 17.9. The lowest BCUT2D eigenvalue weighted by atomic mass is 10.1. The van der Waals surface area contributed by atoms with Crippen LogP contribution >= 0.6 is 0 Å². The molecule has 26 heavy (non-hydrogen) atoms. The molecule has 1 aliphatic carbocycles. The van der Waals surface area contributed by atoms with Crippen molar-refractivity contribution in [2.24, 2.45) is 7.05 Å². The number of para-hydroxylation sites is 1. The Kier molecular flexibility index (Phi) is 4.93. The molecule has 0 radical (unpaired) electrons. The minimum atomic E-state index is -0.0180. The fourth-order valence-corrected chi connectivity index (χ4v) is 3.66. The lowest BCUT2D eigenvalue weighted by Gasteiger charge is -2.15. The number of carbonyl (C=O) groups excluding carboxylic acids is 1. The van der Waals surface area contributed by atoms with Crippen molar-refractivity contribution in [1.82, 2.24) is 20.0 Å². The highest BCUT2D eigenvalue weighted by molar-refractivity contribution is 5.97. The third-order valence-electron chi connectivity index (χ3n) is 5.23. The van der Waals surface area contributed by atoms with Crippen LogP contribution in [0.25, 0.3) is 0 Å². The molecular weight excluding hydrogens is 328 g/mol. The van der Waals surface area contributed by atoms with Gasteiger partial charge in [0, 0.05) is 37.9 Å². The molecule has 2 heterocycles. The minimum absolute atomic E-state index is 0.0180. The molecule has 6 nitrogen and oxygen atoms in total. The molecule has 2 unspecified atom stereocenters. The zero-order valence-electron chi connectivity index (χ0n) is 15.2. The van der Waals surface area contributed by atoms with Crippen LogP contribution in [0.1, 0.15) is 41.6 Å². The van der Waals surface area contributed by atoms with Crippen LogP contribution in [0, 0.1) is 0 Å². The van der Waals surface area contributed by atoms with Gasteiger partial charge in [-0.3, -0.25) is 14.4 Å². The number of hydrogen-bond acceptors (Lipinski definition) is 4. The fraction of sp³-hybridized carbons (Fsp3) is 0.500. The van der Waals surface area contributed by atoms with Gasteiger partial charge in [0.05, 0.1) is 17.8 Å². The molecule has 0 bridgehead atoms. The highest BCUT2D eigenvalue weighted by Gasteiger charge is 2.34. The quantitative estimate of drug-likeness (QED) is 0.776. The Labute approximate surface area is 154 Å². The smallest absolute Gasteiger partial charge is 0.255 e. The van der Waals surface area contributed by atoms with E-state index in [4.69, 9.17) is 4.74 Å². The third-order valence-corrected chi connectivity index (χ3v) is 5.23. The van der Waals surface area contributed by atoms with Gasteiger partial charge < -0.3 is 10.1 Å². The number of nitrogens with zero attached hydrogens (tertiary/aromatic N) is 3. The lowest BCUT2D eigenvalue weighted by Crippen LogP contribution is -2.32. The first-order chi connectivity index (χ1) is 12.7. The van der Waals surface area contributed by atoms with Crippen LogP contribution in [0.3, 0.4) is 0 Å². The summed E-state index contributed by atoms with van der Waals surface area (Å²) in [5.41, 5.74) is 1.85. The standard InChI is InChI=1S/C20H26N4O2/c1-23-11-15(10-21-23)12-24-13-17(24)14-26-19-9-5-4-8-18(19)20(25)22-16-6-2-3-7-16/h4-5,8-11,16-17H,2-3,6-7,12-14H2,1H3,(H,22,25). The number of nitrogens with one attached hydrogen (secondary N) is 1. The second kappa shape index (κ2) is 7.50. The van der Waals surface area contributed by atoms with Crippen LogP contribution in [-0.2, 0) is 13.6 Å². The van der Waals surface area contributed by atoms with Crippen molar-refractivity contribution in [2.45, 2.75) is 44.3 Å². The van der Waals surface area contributed by atoms with E-state index in [9.17, 15) is 4.79 Å². The Bertz CT molecular complexity index is 767. The van der Waals surface area contributed by atoms with Crippen molar-refractivity contribution in [1.29, 1.82) is 0 Å². The maximum Gasteiger partial charge on any atom is 0.255 e. The number of aromatic nitrogens is 2. The van der Waals surface area contributed by atoms with Crippen LogP contribution in [0.15, 0.2) is 36.7 Å². The van der Waals surface area contributed by atoms with E-state index in [-0.39, 0.29) is 5.91 Å². The maximum atomic E-state index is 12.6. The second-order valence-electron chi connectivity index (χ2n) is 7.37. The fourth-order valence-electron chi connectivity index (χ4n) is 3.66. The van der Waals surface area contributed by atoms with E-state index in [2.05, 4.69) is 15.3 Å². The highest BCUT2D eigenvalue weighted by atomic mass is 16.5. The molecule has 4 rings (SSSR count). The molecule has 1 saturated heterocycles. The van der Waals surface area contributed by atoms with Crippen LogP contribution in [-0.4, -0.2) is 45.8 Å². The van der Waals surface area contributed by atoms with E-state index in [0.29, 0.717) is 30.0 Å². The van der Waals surface area contributed by atoms with Crippen molar-refractivity contribution < 1.29 is 9.53 Å². The van der Waals surface area contributed by atoms with Gasteiger partial charge in [0.1, 0.15) is 12.4 Å². The predicted molar refractivity (Wildman–Crippen MR) is 99.1 cm³/mol. The number of amides is 1. The van der Waals surface area contributed by atoms with Gasteiger partial charge in [-0.15, -0.1) is 0 Å². The number of rotatable bonds is 7. The van der Waals surface area contributed by atoms with Gasteiger partial charge in [-0.25, -0.2) is 0 Å². The summed E-state index contributed by atoms with van der Waals surface area (Å²) in [7, 11) is 1.93. The maximum absolute atomic E-state index is 12.6. The summed E-state index contributed by atoms with van der Waals surface area (Å²) in [6.07, 6.45) is 8.52. The van der Waals surface area contributed by atoms with Crippen molar-refractivity contribution in [2.75, 3.05) is 13.2 Å². The Balaban J connectivity index is 1.30. The number of ether oxygens (including phenoxy) is 1. The molecule has 1 N–H and O–H groups in total. The average molecular weight is 354 g/mol. The van der Waals surface area contributed by atoms with Crippen molar-refractivity contribution in [3.63, 3.8) is 0 Å². The molecule has 1 aromatic carbocycles. The van der Waals surface area contributed by atoms with Crippen LogP contribution in [0.5, 0.6) is 5.75 Å². The van der Waals surface area contributed by atoms with Gasteiger partial charge in [0.25, 0.3) is 5.91 Å². The van der Waals surface area contributed by atoms with E-state index in [1.54, 1.807) is 0 Å². The van der Waals surface area contributed by atoms with Crippen LogP contribution in [0.4, 0.5) is 0 Å². The average Bonchev–Trinajstić information content (AvgIpc) is 2.97. The molecule has 2 fully saturated rings. The topological polar surface area (TPSA) is 59.2 Å². The summed E-state index contributed by atoms with van der Waals surface area (Å²) in [4.78, 5) is 14.9. The van der Waals surface area contributed by atoms with Crippen LogP contribution in [0.2, 0.25) is 0 Å². The first-order valence-corrected chi connectivity index (χ1v) is 9.43. The zero-order valence-corrected chi connectivity index (χ0v) is 15.2. The number of carbonyl (C=O) groups is 1. The first-order valence-electron chi connectivity index (χ1n) is 9.43. The van der Waals surface area contributed by atoms with Gasteiger partial charge in [0.15, 0.2) is 0 Å².